The summed E-state index contributed by atoms with van der Waals surface area (Å²) in [4.78, 5) is 48.5. The Morgan fingerprint density at radius 2 is 0.879 bits per heavy atom. The molecule has 0 unspecified atom stereocenters. The van der Waals surface area contributed by atoms with E-state index in [1.54, 1.807) is 13.6 Å². The minimum Gasteiger partial charge on any atom is -0.325 e. The van der Waals surface area contributed by atoms with Crippen molar-refractivity contribution in [2.24, 2.45) is 0 Å². The van der Waals surface area contributed by atoms with Gasteiger partial charge in [-0.25, -0.2) is 0 Å². The van der Waals surface area contributed by atoms with Gasteiger partial charge in [0.15, 0.2) is 0 Å². The fraction of sp³-hybridized carbons (Fsp3) is 0.727. The van der Waals surface area contributed by atoms with E-state index in [1.165, 1.54) is 77.0 Å². The van der Waals surface area contributed by atoms with Gasteiger partial charge in [-0.15, -0.1) is 0 Å². The maximum Gasteiger partial charge on any atom is 0.319 e. The molecule has 0 saturated carbocycles. The summed E-state index contributed by atoms with van der Waals surface area (Å²) in [7, 11) is 0. The Morgan fingerprint density at radius 3 is 1.21 bits per heavy atom. The van der Waals surface area contributed by atoms with E-state index < -0.39 is 30.7 Å². The molecule has 0 aliphatic carbocycles. The van der Waals surface area contributed by atoms with E-state index in [-0.39, 0.29) is 0 Å². The van der Waals surface area contributed by atoms with Crippen LogP contribution in [0.4, 0.5) is 0 Å². The number of unbranched alkanes of at least 4 members (excludes halogenated alkanes) is 10. The van der Waals surface area contributed by atoms with Gasteiger partial charge in [0, 0.05) is 0 Å². The topological polar surface area (TPSA) is 121 Å². The predicted octanol–water partition coefficient (Wildman–Crippen LogP) is 5.86. The smallest absolute Gasteiger partial charge is 0.319 e. The van der Waals surface area contributed by atoms with Crippen molar-refractivity contribution in [3.8, 4) is 0 Å². The van der Waals surface area contributed by atoms with Gasteiger partial charge >= 0.3 is 166 Å². The molecular formula is C22H45MoO6P2S2. The van der Waals surface area contributed by atoms with Crippen molar-refractivity contribution in [2.45, 2.75) is 101 Å². The SMILES string of the molecule is CCCCCCC[CH2][Mo]([CH2]CCCCCCC)[c]1ccccc1.OP(O)(O)=S.OP(O)(O)=S. The summed E-state index contributed by atoms with van der Waals surface area (Å²) in [6.45, 7) is -3.00. The summed E-state index contributed by atoms with van der Waals surface area (Å²) in [5, 5.41) is 0. The molecule has 197 valence electrons. The van der Waals surface area contributed by atoms with Crippen molar-refractivity contribution < 1.29 is 46.7 Å². The zero-order valence-corrected chi connectivity index (χ0v) is 25.5. The van der Waals surface area contributed by atoms with Crippen molar-refractivity contribution in [1.82, 2.24) is 0 Å². The third-order valence-electron chi connectivity index (χ3n) is 4.57. The Balaban J connectivity index is 0. The molecule has 6 N–H and O–H groups in total. The molecule has 0 aromatic heterocycles. The molecule has 0 atom stereocenters. The Kier molecular flexibility index (Phi) is 25.6. The van der Waals surface area contributed by atoms with Crippen LogP contribution in [0.3, 0.4) is 0 Å². The third kappa shape index (κ3) is 37.7. The average Bonchev–Trinajstić information content (AvgIpc) is 2.69. The van der Waals surface area contributed by atoms with Crippen molar-refractivity contribution >= 4 is 41.0 Å². The van der Waals surface area contributed by atoms with Gasteiger partial charge in [0.1, 0.15) is 0 Å². The second-order valence-electron chi connectivity index (χ2n) is 7.78. The van der Waals surface area contributed by atoms with E-state index in [1.807, 2.05) is 0 Å². The summed E-state index contributed by atoms with van der Waals surface area (Å²) >= 11 is 6.16. The molecule has 0 fully saturated rings. The zero-order valence-electron chi connectivity index (χ0n) is 20.1. The molecule has 0 aliphatic rings. The van der Waals surface area contributed by atoms with Gasteiger partial charge in [0.25, 0.3) is 0 Å². The van der Waals surface area contributed by atoms with Gasteiger partial charge in [-0.05, 0) is 23.6 Å². The molecular weight excluding hydrogens is 582 g/mol. The van der Waals surface area contributed by atoms with E-state index in [0.29, 0.717) is 0 Å². The molecule has 0 spiro atoms. The van der Waals surface area contributed by atoms with Crippen LogP contribution in [-0.4, -0.2) is 29.4 Å². The molecule has 11 heteroatoms. The number of rotatable bonds is 15. The Morgan fingerprint density at radius 1 is 0.576 bits per heavy atom. The predicted molar refractivity (Wildman–Crippen MR) is 144 cm³/mol. The first-order valence-electron chi connectivity index (χ1n) is 11.7. The fourth-order valence-electron chi connectivity index (χ4n) is 3.06. The van der Waals surface area contributed by atoms with Gasteiger partial charge in [-0.2, -0.15) is 0 Å². The van der Waals surface area contributed by atoms with Crippen molar-refractivity contribution in [3.05, 3.63) is 30.3 Å². The van der Waals surface area contributed by atoms with Gasteiger partial charge < -0.3 is 29.4 Å². The maximum atomic E-state index is 7.56. The van der Waals surface area contributed by atoms with E-state index in [2.05, 4.69) is 67.8 Å². The van der Waals surface area contributed by atoms with Crippen LogP contribution >= 0.6 is 13.4 Å². The Bertz CT molecular complexity index is 591. The average molecular weight is 628 g/mol. The van der Waals surface area contributed by atoms with E-state index in [0.717, 1.165) is 0 Å². The number of hydrogen-bond acceptors (Lipinski definition) is 2. The molecule has 0 bridgehead atoms. The molecule has 0 heterocycles. The first-order chi connectivity index (χ1) is 15.4. The minimum absolute atomic E-state index is 1.05. The largest absolute Gasteiger partial charge is 0.325 e. The van der Waals surface area contributed by atoms with Gasteiger partial charge in [-0.3, -0.25) is 0 Å². The third-order valence-corrected chi connectivity index (χ3v) is 10.7. The fourth-order valence-corrected chi connectivity index (χ4v) is 8.77. The molecule has 0 aliphatic heterocycles. The number of benzene rings is 1. The van der Waals surface area contributed by atoms with Crippen LogP contribution in [0, 0.1) is 0 Å². The normalized spacial score (nSPS) is 11.4. The Labute approximate surface area is 217 Å². The summed E-state index contributed by atoms with van der Waals surface area (Å²) < 4.78 is 1.75. The van der Waals surface area contributed by atoms with Crippen LogP contribution in [0.5, 0.6) is 0 Å². The maximum absolute atomic E-state index is 7.56. The molecule has 0 radical (unpaired) electrons. The molecule has 6 nitrogen and oxygen atoms in total. The van der Waals surface area contributed by atoms with Crippen LogP contribution in [0.2, 0.25) is 9.62 Å². The quantitative estimate of drug-likeness (QED) is 0.0813. The first-order valence-corrected chi connectivity index (χ1v) is 20.8. The van der Waals surface area contributed by atoms with Gasteiger partial charge in [0.05, 0.1) is 0 Å². The number of hydrogen-bond donors (Lipinski definition) is 6. The van der Waals surface area contributed by atoms with Crippen molar-refractivity contribution in [1.29, 1.82) is 0 Å². The Hall–Kier alpha value is 0.968. The molecule has 1 aromatic carbocycles. The second-order valence-corrected chi connectivity index (χ2v) is 18.4. The van der Waals surface area contributed by atoms with Crippen LogP contribution in [-0.2, 0) is 40.9 Å². The van der Waals surface area contributed by atoms with Crippen molar-refractivity contribution in [3.63, 3.8) is 0 Å². The zero-order chi connectivity index (χ0) is 25.6. The van der Waals surface area contributed by atoms with Gasteiger partial charge in [0.2, 0.25) is 0 Å². The van der Waals surface area contributed by atoms with E-state index in [9.17, 15) is 0 Å². The molecule has 0 amide bonds. The monoisotopic (exact) mass is 629 g/mol. The van der Waals surface area contributed by atoms with Crippen LogP contribution < -0.4 is 3.95 Å². The molecule has 1 rings (SSSR count). The molecule has 33 heavy (non-hydrogen) atoms. The molecule has 1 aromatic rings. The van der Waals surface area contributed by atoms with E-state index in [4.69, 9.17) is 29.4 Å². The molecule has 0 saturated heterocycles. The summed E-state index contributed by atoms with van der Waals surface area (Å²) in [5.41, 5.74) is 0. The van der Waals surface area contributed by atoms with Crippen LogP contribution in [0.15, 0.2) is 30.3 Å². The summed E-state index contributed by atoms with van der Waals surface area (Å²) in [6, 6.07) is 11.5. The van der Waals surface area contributed by atoms with Crippen LogP contribution in [0.25, 0.3) is 0 Å². The first kappa shape index (κ1) is 36.1. The standard InChI is InChI=1S/2C8H17.C6H5.Mo.2H3O3PS/c2*1-3-5-7-8-6-4-2;1-2-4-6-5-3-1;;2*1-4(2,3)5/h2*1,3-8H2,2H3;1-5H;;2*(H3,1,2,3,5). The minimum atomic E-state index is -3.81. The van der Waals surface area contributed by atoms with Crippen LogP contribution in [0.1, 0.15) is 90.9 Å². The van der Waals surface area contributed by atoms with Gasteiger partial charge in [-0.1, -0.05) is 0 Å². The van der Waals surface area contributed by atoms with E-state index >= 15 is 0 Å². The summed E-state index contributed by atoms with van der Waals surface area (Å²) in [5.74, 6) is 0. The second kappa shape index (κ2) is 23.4. The van der Waals surface area contributed by atoms with Crippen molar-refractivity contribution in [2.75, 3.05) is 0 Å². The summed E-state index contributed by atoms with van der Waals surface area (Å²) in [6.07, 6.45) is 17.3.